The quantitative estimate of drug-likeness (QED) is 0.644. The number of carbonyl (C=O) groups is 1. The number of aromatic hydroxyl groups is 1. The molecule has 2 aromatic rings. The van der Waals surface area contributed by atoms with Gasteiger partial charge in [-0.2, -0.15) is 0 Å². The lowest BCUT2D eigenvalue weighted by Gasteiger charge is -2.25. The summed E-state index contributed by atoms with van der Waals surface area (Å²) in [5, 5.41) is 9.51. The van der Waals surface area contributed by atoms with Gasteiger partial charge in [0.05, 0.1) is 7.11 Å². The van der Waals surface area contributed by atoms with Crippen LogP contribution in [0.1, 0.15) is 23.1 Å². The van der Waals surface area contributed by atoms with Crippen LogP contribution in [0.5, 0.6) is 23.0 Å². The van der Waals surface area contributed by atoms with E-state index < -0.39 is 12.0 Å². The third-order valence-corrected chi connectivity index (χ3v) is 3.88. The Morgan fingerprint density at radius 3 is 2.71 bits per heavy atom. The number of ether oxygens (including phenoxy) is 3. The molecule has 4 rings (SSSR count). The summed E-state index contributed by atoms with van der Waals surface area (Å²) in [6.45, 7) is 0. The predicted molar refractivity (Wildman–Crippen MR) is 72.8 cm³/mol. The van der Waals surface area contributed by atoms with Gasteiger partial charge in [0.25, 0.3) is 0 Å². The first-order valence-corrected chi connectivity index (χ1v) is 6.56. The van der Waals surface area contributed by atoms with E-state index in [9.17, 15) is 9.90 Å². The van der Waals surface area contributed by atoms with E-state index in [1.54, 1.807) is 31.4 Å². The molecule has 106 valence electrons. The molecular formula is C16H12O5. The second-order valence-electron chi connectivity index (χ2n) is 5.06. The number of methoxy groups -OCH3 is 1. The van der Waals surface area contributed by atoms with Crippen LogP contribution in [0.2, 0.25) is 0 Å². The first-order chi connectivity index (χ1) is 10.2. The van der Waals surface area contributed by atoms with Crippen molar-refractivity contribution in [1.29, 1.82) is 0 Å². The number of hydrogen-bond acceptors (Lipinski definition) is 5. The normalized spacial score (nSPS) is 21.7. The van der Waals surface area contributed by atoms with Gasteiger partial charge in [-0.25, -0.2) is 0 Å². The van der Waals surface area contributed by atoms with Gasteiger partial charge in [-0.1, -0.05) is 6.07 Å². The molecule has 5 nitrogen and oxygen atoms in total. The molecular weight excluding hydrogens is 272 g/mol. The largest absolute Gasteiger partial charge is 0.508 e. The van der Waals surface area contributed by atoms with Crippen LogP contribution >= 0.6 is 0 Å². The van der Waals surface area contributed by atoms with Crippen molar-refractivity contribution in [3.63, 3.8) is 0 Å². The van der Waals surface area contributed by atoms with E-state index in [4.69, 9.17) is 14.2 Å². The maximum absolute atomic E-state index is 12.3. The fourth-order valence-corrected chi connectivity index (χ4v) is 2.88. The van der Waals surface area contributed by atoms with E-state index in [0.29, 0.717) is 17.2 Å². The first-order valence-electron chi connectivity index (χ1n) is 6.56. The smallest absolute Gasteiger partial charge is 0.323 e. The molecule has 0 saturated heterocycles. The summed E-state index contributed by atoms with van der Waals surface area (Å²) in [5.41, 5.74) is 1.55. The topological polar surface area (TPSA) is 65.0 Å². The van der Waals surface area contributed by atoms with Gasteiger partial charge in [-0.15, -0.1) is 0 Å². The number of rotatable bonds is 1. The van der Waals surface area contributed by atoms with Crippen molar-refractivity contribution in [2.24, 2.45) is 0 Å². The molecule has 2 heterocycles. The summed E-state index contributed by atoms with van der Waals surface area (Å²) < 4.78 is 16.4. The van der Waals surface area contributed by atoms with Crippen molar-refractivity contribution in [2.75, 3.05) is 7.11 Å². The second-order valence-corrected chi connectivity index (χ2v) is 5.06. The Hall–Kier alpha value is -2.69. The summed E-state index contributed by atoms with van der Waals surface area (Å²) in [5.74, 6) is 0.845. The average Bonchev–Trinajstić information content (AvgIpc) is 2.85. The Balaban J connectivity index is 1.84. The highest BCUT2D eigenvalue weighted by Gasteiger charge is 2.46. The van der Waals surface area contributed by atoms with Gasteiger partial charge in [-0.05, 0) is 18.2 Å². The first kappa shape index (κ1) is 12.1. The molecule has 5 heteroatoms. The predicted octanol–water partition coefficient (Wildman–Crippen LogP) is 2.54. The lowest BCUT2D eigenvalue weighted by molar-refractivity contribution is -0.139. The van der Waals surface area contributed by atoms with Crippen molar-refractivity contribution in [1.82, 2.24) is 0 Å². The molecule has 2 aliphatic heterocycles. The highest BCUT2D eigenvalue weighted by Crippen LogP contribution is 2.52. The molecule has 0 aliphatic carbocycles. The third-order valence-electron chi connectivity index (χ3n) is 3.88. The van der Waals surface area contributed by atoms with Gasteiger partial charge in [0.15, 0.2) is 0 Å². The molecule has 2 aliphatic rings. The van der Waals surface area contributed by atoms with E-state index in [1.165, 1.54) is 6.07 Å². The van der Waals surface area contributed by atoms with Crippen molar-refractivity contribution >= 4 is 5.97 Å². The molecule has 0 unspecified atom stereocenters. The highest BCUT2D eigenvalue weighted by molar-refractivity contribution is 5.86. The maximum Gasteiger partial charge on any atom is 0.323 e. The van der Waals surface area contributed by atoms with Crippen molar-refractivity contribution in [2.45, 2.75) is 12.0 Å². The summed E-state index contributed by atoms with van der Waals surface area (Å²) in [6, 6.07) is 10.1. The molecule has 0 radical (unpaired) electrons. The van der Waals surface area contributed by atoms with Crippen molar-refractivity contribution in [3.8, 4) is 23.0 Å². The standard InChI is InChI=1S/C16H12O5/c1-19-9-3-5-10-13(7-9)20-15-11-4-2-8(17)6-12(11)21-16(18)14(10)15/h2-7,14-15,17H,1H3/t14-,15-/m1/s1. The Labute approximate surface area is 120 Å². The van der Waals surface area contributed by atoms with E-state index >= 15 is 0 Å². The second kappa shape index (κ2) is 4.15. The lowest BCUT2D eigenvalue weighted by atomic mass is 9.89. The molecule has 2 atom stereocenters. The Morgan fingerprint density at radius 2 is 1.90 bits per heavy atom. The number of fused-ring (bicyclic) bond motifs is 5. The van der Waals surface area contributed by atoms with E-state index in [2.05, 4.69) is 0 Å². The summed E-state index contributed by atoms with van der Waals surface area (Å²) in [4.78, 5) is 12.3. The van der Waals surface area contributed by atoms with Gasteiger partial charge >= 0.3 is 5.97 Å². The van der Waals surface area contributed by atoms with Crippen LogP contribution in [0.4, 0.5) is 0 Å². The van der Waals surface area contributed by atoms with Gasteiger partial charge in [0.1, 0.15) is 35.0 Å². The van der Waals surface area contributed by atoms with Crippen LogP contribution in [0.3, 0.4) is 0 Å². The summed E-state index contributed by atoms with van der Waals surface area (Å²) >= 11 is 0. The molecule has 0 fully saturated rings. The number of benzene rings is 2. The molecule has 1 N–H and O–H groups in total. The molecule has 0 spiro atoms. The molecule has 0 amide bonds. The molecule has 0 aromatic heterocycles. The molecule has 21 heavy (non-hydrogen) atoms. The monoisotopic (exact) mass is 284 g/mol. The van der Waals surface area contributed by atoms with E-state index in [1.807, 2.05) is 6.07 Å². The molecule has 0 saturated carbocycles. The van der Waals surface area contributed by atoms with Gasteiger partial charge in [-0.3, -0.25) is 4.79 Å². The van der Waals surface area contributed by atoms with E-state index in [-0.39, 0.29) is 11.7 Å². The fraction of sp³-hybridized carbons (Fsp3) is 0.188. The zero-order valence-corrected chi connectivity index (χ0v) is 11.2. The van der Waals surface area contributed by atoms with Crippen molar-refractivity contribution in [3.05, 3.63) is 47.5 Å². The van der Waals surface area contributed by atoms with Crippen LogP contribution in [-0.2, 0) is 4.79 Å². The van der Waals surface area contributed by atoms with Gasteiger partial charge < -0.3 is 19.3 Å². The summed E-state index contributed by atoms with van der Waals surface area (Å²) in [6.07, 6.45) is -0.427. The third kappa shape index (κ3) is 1.67. The number of phenolic OH excluding ortho intramolecular Hbond substituents is 1. The van der Waals surface area contributed by atoms with Crippen LogP contribution in [0.15, 0.2) is 36.4 Å². The van der Waals surface area contributed by atoms with Crippen LogP contribution in [0, 0.1) is 0 Å². The minimum atomic E-state index is -0.483. The zero-order chi connectivity index (χ0) is 14.6. The minimum absolute atomic E-state index is 0.0529. The molecule has 0 bridgehead atoms. The fourth-order valence-electron chi connectivity index (χ4n) is 2.88. The number of phenols is 1. The van der Waals surface area contributed by atoms with E-state index in [0.717, 1.165) is 11.1 Å². The zero-order valence-electron chi connectivity index (χ0n) is 11.2. The molecule has 2 aromatic carbocycles. The van der Waals surface area contributed by atoms with Crippen LogP contribution in [0.25, 0.3) is 0 Å². The maximum atomic E-state index is 12.3. The van der Waals surface area contributed by atoms with Gasteiger partial charge in [0.2, 0.25) is 0 Å². The highest BCUT2D eigenvalue weighted by atomic mass is 16.6. The van der Waals surface area contributed by atoms with Crippen molar-refractivity contribution < 1.29 is 24.1 Å². The average molecular weight is 284 g/mol. The minimum Gasteiger partial charge on any atom is -0.508 e. The van der Waals surface area contributed by atoms with Crippen LogP contribution in [-0.4, -0.2) is 18.2 Å². The Morgan fingerprint density at radius 1 is 1.10 bits per heavy atom. The number of esters is 1. The SMILES string of the molecule is COc1ccc2c(c1)O[C@@H]1c3ccc(O)cc3OC(=O)[C@H]21. The Kier molecular flexibility index (Phi) is 2.39. The van der Waals surface area contributed by atoms with Crippen LogP contribution < -0.4 is 14.2 Å². The number of carbonyl (C=O) groups excluding carboxylic acids is 1. The van der Waals surface area contributed by atoms with Gasteiger partial charge in [0, 0.05) is 23.3 Å². The Bertz CT molecular complexity index is 752. The summed E-state index contributed by atoms with van der Waals surface area (Å²) in [7, 11) is 1.58. The number of hydrogen-bond donors (Lipinski definition) is 1. The lowest BCUT2D eigenvalue weighted by Crippen LogP contribution is -2.28.